The summed E-state index contributed by atoms with van der Waals surface area (Å²) in [6.07, 6.45) is 0.873. The number of nitrogens with two attached hydrogens (primary N) is 1. The molecule has 0 bridgehead atoms. The number of carbonyl (C=O) groups is 1. The number of nitriles is 1. The number of esters is 1. The molecule has 9 heteroatoms. The lowest BCUT2D eigenvalue weighted by Gasteiger charge is -2.27. The molecule has 0 spiro atoms. The Bertz CT molecular complexity index is 1400. The van der Waals surface area contributed by atoms with Crippen molar-refractivity contribution in [2.45, 2.75) is 19.3 Å². The predicted molar refractivity (Wildman–Crippen MR) is 139 cm³/mol. The molecule has 1 heterocycles. The summed E-state index contributed by atoms with van der Waals surface area (Å²) in [7, 11) is 4.40. The minimum absolute atomic E-state index is 0.0158. The molecule has 3 aromatic rings. The topological polar surface area (TPSA) is 122 Å². The lowest BCUT2D eigenvalue weighted by atomic mass is 9.83. The number of benzene rings is 3. The first-order valence-corrected chi connectivity index (χ1v) is 11.9. The van der Waals surface area contributed by atoms with Gasteiger partial charge in [-0.3, -0.25) is 0 Å². The SMILES string of the molecule is CCCOc1cccc(C2C(C#N)=C(N)Oc3cc(OC(=O)c4cc(OC)c(OC)c(OC)c4)ccc32)c1. The van der Waals surface area contributed by atoms with Gasteiger partial charge in [0.1, 0.15) is 28.9 Å². The summed E-state index contributed by atoms with van der Waals surface area (Å²) in [6.45, 7) is 2.61. The molecule has 0 aliphatic carbocycles. The molecule has 38 heavy (non-hydrogen) atoms. The first kappa shape index (κ1) is 26.2. The number of methoxy groups -OCH3 is 3. The minimum atomic E-state index is -0.640. The number of nitrogens with zero attached hydrogens (tertiary/aromatic N) is 1. The van der Waals surface area contributed by atoms with E-state index in [0.717, 1.165) is 12.0 Å². The zero-order valence-corrected chi connectivity index (χ0v) is 21.6. The molecular formula is C29H28N2O7. The Morgan fingerprint density at radius 2 is 1.74 bits per heavy atom. The van der Waals surface area contributed by atoms with Gasteiger partial charge in [-0.05, 0) is 42.3 Å². The average Bonchev–Trinajstić information content (AvgIpc) is 2.94. The van der Waals surface area contributed by atoms with Crippen molar-refractivity contribution in [2.75, 3.05) is 27.9 Å². The fourth-order valence-corrected chi connectivity index (χ4v) is 4.21. The van der Waals surface area contributed by atoms with E-state index < -0.39 is 11.9 Å². The molecular weight excluding hydrogens is 488 g/mol. The number of rotatable bonds is 9. The molecule has 0 amide bonds. The first-order valence-electron chi connectivity index (χ1n) is 11.9. The third-order valence-electron chi connectivity index (χ3n) is 5.97. The Kier molecular flexibility index (Phi) is 7.92. The van der Waals surface area contributed by atoms with E-state index in [0.29, 0.717) is 40.9 Å². The van der Waals surface area contributed by atoms with Crippen LogP contribution in [0.25, 0.3) is 0 Å². The second-order valence-electron chi connectivity index (χ2n) is 8.35. The third-order valence-corrected chi connectivity index (χ3v) is 5.97. The lowest BCUT2D eigenvalue weighted by molar-refractivity contribution is 0.0733. The van der Waals surface area contributed by atoms with Crippen LogP contribution in [0.15, 0.2) is 66.1 Å². The second-order valence-corrected chi connectivity index (χ2v) is 8.35. The van der Waals surface area contributed by atoms with Gasteiger partial charge in [0.05, 0.1) is 39.4 Å². The van der Waals surface area contributed by atoms with Crippen molar-refractivity contribution < 1.29 is 33.2 Å². The highest BCUT2D eigenvalue weighted by Gasteiger charge is 2.31. The molecule has 0 aromatic heterocycles. The smallest absolute Gasteiger partial charge is 0.343 e. The van der Waals surface area contributed by atoms with Gasteiger partial charge in [0.15, 0.2) is 11.5 Å². The van der Waals surface area contributed by atoms with Gasteiger partial charge >= 0.3 is 5.97 Å². The van der Waals surface area contributed by atoms with Crippen molar-refractivity contribution >= 4 is 5.97 Å². The van der Waals surface area contributed by atoms with Gasteiger partial charge in [-0.1, -0.05) is 25.1 Å². The van der Waals surface area contributed by atoms with Crippen molar-refractivity contribution in [3.05, 3.63) is 82.7 Å². The fraction of sp³-hybridized carbons (Fsp3) is 0.241. The summed E-state index contributed by atoms with van der Waals surface area (Å²) in [6, 6.07) is 17.7. The average molecular weight is 517 g/mol. The molecule has 1 atom stereocenters. The zero-order valence-electron chi connectivity index (χ0n) is 21.6. The van der Waals surface area contributed by atoms with E-state index in [1.54, 1.807) is 18.2 Å². The van der Waals surface area contributed by atoms with Gasteiger partial charge in [-0.15, -0.1) is 0 Å². The number of allylic oxidation sites excluding steroid dienone is 1. The van der Waals surface area contributed by atoms with Crippen molar-refractivity contribution in [1.82, 2.24) is 0 Å². The molecule has 0 saturated carbocycles. The van der Waals surface area contributed by atoms with Gasteiger partial charge in [-0.25, -0.2) is 4.79 Å². The van der Waals surface area contributed by atoms with Gasteiger partial charge in [-0.2, -0.15) is 5.26 Å². The molecule has 0 fully saturated rings. The maximum absolute atomic E-state index is 13.0. The lowest BCUT2D eigenvalue weighted by Crippen LogP contribution is -2.21. The Morgan fingerprint density at radius 1 is 1.00 bits per heavy atom. The molecule has 1 aliphatic rings. The number of fused-ring (bicyclic) bond motifs is 1. The number of carbonyl (C=O) groups excluding carboxylic acids is 1. The molecule has 3 aromatic carbocycles. The Hall–Kier alpha value is -4.84. The van der Waals surface area contributed by atoms with Crippen LogP contribution in [0.5, 0.6) is 34.5 Å². The Labute approximate surface area is 220 Å². The second kappa shape index (κ2) is 11.5. The zero-order chi connectivity index (χ0) is 27.2. The van der Waals surface area contributed by atoms with Crippen LogP contribution >= 0.6 is 0 Å². The Balaban J connectivity index is 1.66. The van der Waals surface area contributed by atoms with E-state index in [-0.39, 0.29) is 22.8 Å². The molecule has 1 aliphatic heterocycles. The van der Waals surface area contributed by atoms with E-state index in [1.165, 1.54) is 33.5 Å². The van der Waals surface area contributed by atoms with E-state index >= 15 is 0 Å². The fourth-order valence-electron chi connectivity index (χ4n) is 4.21. The van der Waals surface area contributed by atoms with Crippen molar-refractivity contribution in [3.8, 4) is 40.6 Å². The summed E-state index contributed by atoms with van der Waals surface area (Å²) in [4.78, 5) is 13.0. The highest BCUT2D eigenvalue weighted by molar-refractivity contribution is 5.92. The summed E-state index contributed by atoms with van der Waals surface area (Å²) in [5.41, 5.74) is 8.15. The van der Waals surface area contributed by atoms with Crippen molar-refractivity contribution in [2.24, 2.45) is 5.73 Å². The van der Waals surface area contributed by atoms with Gasteiger partial charge in [0.2, 0.25) is 11.6 Å². The van der Waals surface area contributed by atoms with Gasteiger partial charge in [0.25, 0.3) is 0 Å². The molecule has 9 nitrogen and oxygen atoms in total. The summed E-state index contributed by atoms with van der Waals surface area (Å²) >= 11 is 0. The minimum Gasteiger partial charge on any atom is -0.494 e. The molecule has 0 radical (unpaired) electrons. The van der Waals surface area contributed by atoms with E-state index in [1.807, 2.05) is 31.2 Å². The largest absolute Gasteiger partial charge is 0.494 e. The summed E-state index contributed by atoms with van der Waals surface area (Å²) in [5, 5.41) is 9.85. The van der Waals surface area contributed by atoms with Crippen LogP contribution in [0.3, 0.4) is 0 Å². The maximum atomic E-state index is 13.0. The standard InChI is InChI=1S/C29H28N2O7/c1-5-11-36-19-8-6-7-17(12-19)26-21-10-9-20(15-23(21)38-28(31)22(26)16-30)37-29(32)18-13-24(33-2)27(35-4)25(14-18)34-3/h6-10,12-15,26H,5,11,31H2,1-4H3. The van der Waals surface area contributed by atoms with Crippen molar-refractivity contribution in [1.29, 1.82) is 5.26 Å². The highest BCUT2D eigenvalue weighted by atomic mass is 16.5. The Morgan fingerprint density at radius 3 is 2.37 bits per heavy atom. The quantitative estimate of drug-likeness (QED) is 0.311. The van der Waals surface area contributed by atoms with Crippen LogP contribution in [-0.2, 0) is 0 Å². The molecule has 2 N–H and O–H groups in total. The highest BCUT2D eigenvalue weighted by Crippen LogP contribution is 2.44. The number of ether oxygens (including phenoxy) is 6. The molecule has 196 valence electrons. The van der Waals surface area contributed by atoms with E-state index in [9.17, 15) is 10.1 Å². The van der Waals surface area contributed by atoms with Crippen LogP contribution < -0.4 is 34.2 Å². The number of hydrogen-bond acceptors (Lipinski definition) is 9. The summed E-state index contributed by atoms with van der Waals surface area (Å²) < 4.78 is 33.1. The molecule has 1 unspecified atom stereocenters. The van der Waals surface area contributed by atoms with Crippen LogP contribution in [0.1, 0.15) is 40.7 Å². The molecule has 0 saturated heterocycles. The van der Waals surface area contributed by atoms with E-state index in [4.69, 9.17) is 34.2 Å². The predicted octanol–water partition coefficient (Wildman–Crippen LogP) is 4.94. The summed E-state index contributed by atoms with van der Waals surface area (Å²) in [5.74, 6) is 1.18. The van der Waals surface area contributed by atoms with Gasteiger partial charge < -0.3 is 34.2 Å². The number of hydrogen-bond donors (Lipinski definition) is 1. The first-order chi connectivity index (χ1) is 18.4. The molecule has 4 rings (SSSR count). The van der Waals surface area contributed by atoms with Gasteiger partial charge in [0, 0.05) is 11.6 Å². The van der Waals surface area contributed by atoms with Crippen molar-refractivity contribution in [3.63, 3.8) is 0 Å². The normalized spacial score (nSPS) is 14.0. The van der Waals surface area contributed by atoms with E-state index in [2.05, 4.69) is 6.07 Å². The van der Waals surface area contributed by atoms with Crippen LogP contribution in [-0.4, -0.2) is 33.9 Å². The van der Waals surface area contributed by atoms with Crippen LogP contribution in [0.4, 0.5) is 0 Å². The maximum Gasteiger partial charge on any atom is 0.343 e. The third kappa shape index (κ3) is 5.15. The monoisotopic (exact) mass is 516 g/mol. The van der Waals surface area contributed by atoms with Crippen LogP contribution in [0.2, 0.25) is 0 Å². The van der Waals surface area contributed by atoms with Crippen LogP contribution in [0, 0.1) is 11.3 Å².